The van der Waals surface area contributed by atoms with Gasteiger partial charge in [0.25, 0.3) is 0 Å². The monoisotopic (exact) mass is 943 g/mol. The Morgan fingerprint density at radius 2 is 1.30 bits per heavy atom. The minimum Gasteiger partial charge on any atom is -0.479 e. The van der Waals surface area contributed by atoms with Crippen LogP contribution >= 0.6 is 0 Å². The molecule has 0 amide bonds. The Morgan fingerprint density at radius 1 is 0.667 bits per heavy atom. The van der Waals surface area contributed by atoms with Gasteiger partial charge in [0.15, 0.2) is 25.0 Å². The second-order valence-corrected chi connectivity index (χ2v) is 23.6. The highest BCUT2D eigenvalue weighted by atomic mass is 16.8. The molecule has 0 aromatic rings. The van der Waals surface area contributed by atoms with Crippen LogP contribution in [0.4, 0.5) is 0 Å². The van der Waals surface area contributed by atoms with E-state index in [2.05, 4.69) is 54.5 Å². The quantitative estimate of drug-likeness (QED) is 0.112. The summed E-state index contributed by atoms with van der Waals surface area (Å²) in [6.45, 7) is 16.6. The van der Waals surface area contributed by atoms with E-state index in [0.717, 1.165) is 44.9 Å². The van der Waals surface area contributed by atoms with E-state index in [1.807, 2.05) is 0 Å². The van der Waals surface area contributed by atoms with Crippen molar-refractivity contribution in [2.45, 2.75) is 218 Å². The molecule has 5 aliphatic carbocycles. The van der Waals surface area contributed by atoms with E-state index in [-0.39, 0.29) is 45.5 Å². The number of allylic oxidation sites excluding steroid dienone is 2. The Bertz CT molecular complexity index is 1820. The molecule has 25 atom stereocenters. The Labute approximate surface area is 387 Å². The molecule has 8 rings (SSSR count). The molecule has 8 aliphatic rings. The minimum atomic E-state index is -2.03. The SMILES string of the molecule is C[C@@H]1O[C@@H](O[C@H]2[C@H](O[C@H]3[C@H](O[C@H]4CC[C@]5(C)[C@H]6CC=C7[C@@H]8C[C@@](C)(CO)C[C@@H](O)[C@]8(C)CC[C@@]7(C)[C@]6(C)CC[C@H]5C4(C)C)O[C@H](C(=O)O)[C@@H](O)[C@@H]3O)O[C@H](CO)[C@H](O)[C@@H]2O)[C@H](O)[C@H](O)[C@H]1O. The van der Waals surface area contributed by atoms with Crippen molar-refractivity contribution in [3.8, 4) is 0 Å². The number of rotatable bonds is 9. The van der Waals surface area contributed by atoms with Crippen LogP contribution in [0.3, 0.4) is 0 Å². The van der Waals surface area contributed by atoms with Crippen LogP contribution in [-0.4, -0.2) is 180 Å². The summed E-state index contributed by atoms with van der Waals surface area (Å²) in [5.41, 5.74) is -0.0694. The first-order valence-corrected chi connectivity index (χ1v) is 24.3. The van der Waals surface area contributed by atoms with Gasteiger partial charge in [0.1, 0.15) is 61.0 Å². The number of fused-ring (bicyclic) bond motifs is 7. The van der Waals surface area contributed by atoms with Gasteiger partial charge < -0.3 is 84.6 Å². The van der Waals surface area contributed by atoms with Crippen molar-refractivity contribution < 1.29 is 89.4 Å². The number of aliphatic hydroxyl groups is 10. The van der Waals surface area contributed by atoms with Crippen molar-refractivity contribution in [2.24, 2.45) is 50.2 Å². The fourth-order valence-electron chi connectivity index (χ4n) is 15.1. The van der Waals surface area contributed by atoms with Gasteiger partial charge in [-0.2, -0.15) is 0 Å². The predicted molar refractivity (Wildman–Crippen MR) is 231 cm³/mol. The number of hydrogen-bond acceptors (Lipinski definition) is 17. The highest BCUT2D eigenvalue weighted by molar-refractivity contribution is 5.73. The van der Waals surface area contributed by atoms with E-state index in [1.165, 1.54) is 12.5 Å². The molecular weight excluding hydrogens is 865 g/mol. The standard InChI is InChI=1S/C48H78O18/c1-21-29(52)31(54)35(58)40(61-21)65-37-32(55)30(53)24(19-49)62-41(37)66-38-34(57)33(56)36(39(59)60)64-42(38)63-28-12-13-46(6)25(43(28,2)3)11-14-48(8)26(46)10-9-22-23-17-44(4,20-50)18-27(51)45(23,5)15-16-47(22,48)7/h9,21,23-38,40-42,49-58H,10-20H2,1-8H3,(H,59,60)/t21-,23-,24+,25-,26+,27+,28-,29-,30-,31+,32-,33-,34-,35+,36-,37+,38+,40-,41-,42+,44+,45+,46-,47+,48+/m0/s1. The first-order chi connectivity index (χ1) is 30.7. The number of hydrogen-bond donors (Lipinski definition) is 11. The van der Waals surface area contributed by atoms with Crippen LogP contribution in [0.25, 0.3) is 0 Å². The molecule has 0 spiro atoms. The van der Waals surface area contributed by atoms with Gasteiger partial charge in [0.05, 0.1) is 24.9 Å². The van der Waals surface area contributed by atoms with Gasteiger partial charge in [-0.3, -0.25) is 0 Å². The first-order valence-electron chi connectivity index (χ1n) is 24.3. The molecule has 4 saturated carbocycles. The molecule has 0 unspecified atom stereocenters. The van der Waals surface area contributed by atoms with Crippen molar-refractivity contribution >= 4 is 5.97 Å². The maximum Gasteiger partial charge on any atom is 0.335 e. The minimum absolute atomic E-state index is 0.0348. The van der Waals surface area contributed by atoms with Crippen molar-refractivity contribution in [1.82, 2.24) is 0 Å². The molecule has 3 saturated heterocycles. The summed E-state index contributed by atoms with van der Waals surface area (Å²) in [6, 6.07) is 0. The Balaban J connectivity index is 1.06. The normalized spacial score (nSPS) is 55.9. The summed E-state index contributed by atoms with van der Waals surface area (Å²) in [4.78, 5) is 12.5. The number of ether oxygens (including phenoxy) is 6. The number of carbonyl (C=O) groups is 1. The number of aliphatic carboxylic acids is 1. The van der Waals surface area contributed by atoms with Crippen LogP contribution in [-0.2, 0) is 33.2 Å². The van der Waals surface area contributed by atoms with Gasteiger partial charge in [-0.05, 0) is 110 Å². The molecule has 0 aromatic carbocycles. The molecule has 3 aliphatic heterocycles. The van der Waals surface area contributed by atoms with Gasteiger partial charge in [-0.15, -0.1) is 0 Å². The molecule has 3 heterocycles. The van der Waals surface area contributed by atoms with Gasteiger partial charge in [0.2, 0.25) is 0 Å². The zero-order valence-electron chi connectivity index (χ0n) is 39.7. The zero-order chi connectivity index (χ0) is 48.4. The lowest BCUT2D eigenvalue weighted by Crippen LogP contribution is -2.68. The fourth-order valence-corrected chi connectivity index (χ4v) is 15.1. The Hall–Kier alpha value is -1.43. The highest BCUT2D eigenvalue weighted by Crippen LogP contribution is 2.76. The molecule has 7 fully saturated rings. The number of carboxylic acid groups (broad SMARTS) is 1. The van der Waals surface area contributed by atoms with E-state index in [1.54, 1.807) is 0 Å². The zero-order valence-corrected chi connectivity index (χ0v) is 39.7. The van der Waals surface area contributed by atoms with E-state index < -0.39 is 122 Å². The van der Waals surface area contributed by atoms with Crippen LogP contribution in [0.15, 0.2) is 11.6 Å². The third kappa shape index (κ3) is 7.78. The lowest BCUT2D eigenvalue weighted by molar-refractivity contribution is -0.395. The number of aliphatic hydroxyl groups excluding tert-OH is 10. The largest absolute Gasteiger partial charge is 0.479 e. The van der Waals surface area contributed by atoms with Crippen molar-refractivity contribution in [1.29, 1.82) is 0 Å². The van der Waals surface area contributed by atoms with Crippen LogP contribution < -0.4 is 0 Å². The maximum atomic E-state index is 12.5. The average molecular weight is 943 g/mol. The van der Waals surface area contributed by atoms with Crippen LogP contribution in [0, 0.1) is 50.2 Å². The Morgan fingerprint density at radius 3 is 1.94 bits per heavy atom. The van der Waals surface area contributed by atoms with E-state index >= 15 is 0 Å². The average Bonchev–Trinajstić information content (AvgIpc) is 3.25. The predicted octanol–water partition coefficient (Wildman–Crippen LogP) is 0.705. The second kappa shape index (κ2) is 17.7. The summed E-state index contributed by atoms with van der Waals surface area (Å²) in [6.07, 6.45) is -17.1. The van der Waals surface area contributed by atoms with Crippen molar-refractivity contribution in [2.75, 3.05) is 13.2 Å². The molecule has 0 aromatic heterocycles. The van der Waals surface area contributed by atoms with Crippen molar-refractivity contribution in [3.63, 3.8) is 0 Å². The fraction of sp³-hybridized carbons (Fsp3) is 0.938. The van der Waals surface area contributed by atoms with E-state index in [9.17, 15) is 61.0 Å². The summed E-state index contributed by atoms with van der Waals surface area (Å²) in [5.74, 6) is -0.975. The smallest absolute Gasteiger partial charge is 0.335 e. The van der Waals surface area contributed by atoms with Crippen LogP contribution in [0.2, 0.25) is 0 Å². The lowest BCUT2D eigenvalue weighted by Gasteiger charge is -2.71. The molecule has 11 N–H and O–H groups in total. The summed E-state index contributed by atoms with van der Waals surface area (Å²) in [5, 5.41) is 119. The molecule has 378 valence electrons. The lowest BCUT2D eigenvalue weighted by atomic mass is 9.33. The van der Waals surface area contributed by atoms with Crippen molar-refractivity contribution in [3.05, 3.63) is 11.6 Å². The number of carboxylic acids is 1. The maximum absolute atomic E-state index is 12.5. The van der Waals surface area contributed by atoms with Gasteiger partial charge >= 0.3 is 5.97 Å². The summed E-state index contributed by atoms with van der Waals surface area (Å²) >= 11 is 0. The topological polar surface area (TPSA) is 295 Å². The third-order valence-electron chi connectivity index (χ3n) is 19.6. The molecule has 0 radical (unpaired) electrons. The second-order valence-electron chi connectivity index (χ2n) is 23.6. The van der Waals surface area contributed by atoms with Gasteiger partial charge in [-0.1, -0.05) is 60.1 Å². The molecule has 18 nitrogen and oxygen atoms in total. The molecule has 66 heavy (non-hydrogen) atoms. The summed E-state index contributed by atoms with van der Waals surface area (Å²) < 4.78 is 36.3. The summed E-state index contributed by atoms with van der Waals surface area (Å²) in [7, 11) is 0. The molecular formula is C48H78O18. The van der Waals surface area contributed by atoms with Gasteiger partial charge in [0, 0.05) is 12.0 Å². The molecule has 18 heteroatoms. The Kier molecular flexibility index (Phi) is 13.7. The van der Waals surface area contributed by atoms with E-state index in [4.69, 9.17) is 28.4 Å². The highest BCUT2D eigenvalue weighted by Gasteiger charge is 2.69. The molecule has 0 bridgehead atoms. The third-order valence-corrected chi connectivity index (χ3v) is 19.6. The van der Waals surface area contributed by atoms with Gasteiger partial charge in [-0.25, -0.2) is 4.79 Å². The first kappa shape index (κ1) is 50.9. The van der Waals surface area contributed by atoms with E-state index in [0.29, 0.717) is 18.8 Å². The van der Waals surface area contributed by atoms with Crippen LogP contribution in [0.1, 0.15) is 113 Å². The van der Waals surface area contributed by atoms with Crippen LogP contribution in [0.5, 0.6) is 0 Å².